The van der Waals surface area contributed by atoms with Crippen LogP contribution in [0.4, 0.5) is 0 Å². The van der Waals surface area contributed by atoms with Gasteiger partial charge in [-0.15, -0.1) is 0 Å². The normalized spacial score (nSPS) is 12.0. The van der Waals surface area contributed by atoms with Crippen LogP contribution in [0.1, 0.15) is 6.92 Å². The average molecular weight is 164 g/mol. The van der Waals surface area contributed by atoms with Crippen LogP contribution in [0.25, 0.3) is 0 Å². The van der Waals surface area contributed by atoms with Crippen molar-refractivity contribution in [3.63, 3.8) is 0 Å². The Morgan fingerprint density at radius 3 is 1.67 bits per heavy atom. The Morgan fingerprint density at radius 2 is 1.67 bits per heavy atom. The van der Waals surface area contributed by atoms with Crippen LogP contribution < -0.4 is 0 Å². The van der Waals surface area contributed by atoms with E-state index >= 15 is 0 Å². The molecular weight excluding hydrogens is 151 g/mol. The van der Waals surface area contributed by atoms with Gasteiger partial charge in [-0.3, -0.25) is 0 Å². The third-order valence-electron chi connectivity index (χ3n) is 0.911. The van der Waals surface area contributed by atoms with E-state index in [2.05, 4.69) is 20.0 Å². The second-order valence-electron chi connectivity index (χ2n) is 2.34. The molecule has 0 rings (SSSR count). The zero-order valence-corrected chi connectivity index (χ0v) is 8.21. The Hall–Kier alpha value is 0.775. The van der Waals surface area contributed by atoms with E-state index < -0.39 is 6.54 Å². The predicted molar refractivity (Wildman–Crippen MR) is 36.5 cm³/mol. The van der Waals surface area contributed by atoms with E-state index in [0.29, 0.717) is 0 Å². The molecule has 6 heavy (non-hydrogen) atoms. The van der Waals surface area contributed by atoms with Crippen LogP contribution in [0.5, 0.6) is 0 Å². The Kier molecular flexibility index (Phi) is 2.46. The van der Waals surface area contributed by atoms with Crippen molar-refractivity contribution in [2.45, 2.75) is 26.1 Å². The summed E-state index contributed by atoms with van der Waals surface area (Å²) in [6.07, 6.45) is 0. The summed E-state index contributed by atoms with van der Waals surface area (Å²) in [6.45, 7) is 6.54. The molecule has 0 amide bonds. The van der Waals surface area contributed by atoms with Crippen molar-refractivity contribution in [3.8, 4) is 0 Å². The Bertz CT molecular complexity index is 37.3. The SMILES string of the molecule is CC[Si](C)(C)[AsH2]. The zero-order chi connectivity index (χ0) is 5.21. The molecule has 0 bridgehead atoms. The van der Waals surface area contributed by atoms with Crippen LogP contribution >= 0.6 is 0 Å². The van der Waals surface area contributed by atoms with Crippen LogP contribution in [0.15, 0.2) is 0 Å². The van der Waals surface area contributed by atoms with Crippen molar-refractivity contribution >= 4 is 22.7 Å². The first-order valence-electron chi connectivity index (χ1n) is 2.35. The van der Waals surface area contributed by atoms with Gasteiger partial charge in [0.15, 0.2) is 0 Å². The van der Waals surface area contributed by atoms with Crippen molar-refractivity contribution in [1.82, 2.24) is 0 Å². The van der Waals surface area contributed by atoms with E-state index in [-0.39, 0.29) is 0 Å². The van der Waals surface area contributed by atoms with Gasteiger partial charge in [-0.25, -0.2) is 0 Å². The summed E-state index contributed by atoms with van der Waals surface area (Å²) in [4.78, 5) is 0. The molecule has 0 aliphatic heterocycles. The Morgan fingerprint density at radius 1 is 1.50 bits per heavy atom. The molecule has 38 valence electrons. The van der Waals surface area contributed by atoms with E-state index in [1.807, 2.05) is 16.2 Å². The van der Waals surface area contributed by atoms with Crippen molar-refractivity contribution in [3.05, 3.63) is 0 Å². The first kappa shape index (κ1) is 6.78. The maximum absolute atomic E-state index is 2.41. The van der Waals surface area contributed by atoms with Crippen molar-refractivity contribution in [2.75, 3.05) is 0 Å². The molecule has 0 aromatic heterocycles. The molecule has 0 aromatic carbocycles. The molecule has 1 atom stereocenters. The molecule has 0 saturated carbocycles. The summed E-state index contributed by atoms with van der Waals surface area (Å²) in [5.74, 6) is 0. The van der Waals surface area contributed by atoms with Gasteiger partial charge in [0.05, 0.1) is 0 Å². The first-order valence-corrected chi connectivity index (χ1v) is 9.27. The van der Waals surface area contributed by atoms with E-state index in [4.69, 9.17) is 0 Å². The molecule has 0 radical (unpaired) electrons. The van der Waals surface area contributed by atoms with Gasteiger partial charge in [-0.05, 0) is 0 Å². The molecule has 0 aromatic rings. The van der Waals surface area contributed by atoms with Crippen molar-refractivity contribution < 1.29 is 0 Å². The third-order valence-corrected chi connectivity index (χ3v) is 5.30. The van der Waals surface area contributed by atoms with Gasteiger partial charge >= 0.3 is 48.8 Å². The fraction of sp³-hybridized carbons (Fsp3) is 1.00. The number of hydrogen-bond donors (Lipinski definition) is 0. The van der Waals surface area contributed by atoms with Crippen LogP contribution in [0, 0.1) is 0 Å². The first-order chi connectivity index (χ1) is 2.56. The summed E-state index contributed by atoms with van der Waals surface area (Å²) in [5.41, 5.74) is 0. The van der Waals surface area contributed by atoms with E-state index in [1.54, 1.807) is 0 Å². The van der Waals surface area contributed by atoms with Gasteiger partial charge in [0, 0.05) is 0 Å². The van der Waals surface area contributed by atoms with Gasteiger partial charge in [-0.2, -0.15) is 0 Å². The number of hydrogen-bond acceptors (Lipinski definition) is 0. The second kappa shape index (κ2) is 2.18. The average Bonchev–Trinajstić information content (AvgIpc) is 1.35. The second-order valence-corrected chi connectivity index (χ2v) is 16.9. The van der Waals surface area contributed by atoms with Crippen LogP contribution in [0.2, 0.25) is 19.1 Å². The fourth-order valence-corrected chi connectivity index (χ4v) is 0. The van der Waals surface area contributed by atoms with Crippen LogP contribution in [-0.4, -0.2) is 22.7 Å². The van der Waals surface area contributed by atoms with Gasteiger partial charge in [0.2, 0.25) is 0 Å². The standard InChI is InChI=1S/C4H13AsSi/c1-4-6(2,3)5/h4-5H2,1-3H3. The molecule has 0 nitrogen and oxygen atoms in total. The maximum atomic E-state index is 2.41. The Labute approximate surface area is 49.2 Å². The van der Waals surface area contributed by atoms with Crippen molar-refractivity contribution in [1.29, 1.82) is 0 Å². The topological polar surface area (TPSA) is 0 Å². The number of rotatable bonds is 1. The van der Waals surface area contributed by atoms with Gasteiger partial charge in [-0.1, -0.05) is 0 Å². The van der Waals surface area contributed by atoms with E-state index in [9.17, 15) is 0 Å². The summed E-state index contributed by atoms with van der Waals surface area (Å²) < 4.78 is 0. The minimum atomic E-state index is -0.569. The third kappa shape index (κ3) is 4.78. The molecule has 2 heteroatoms. The van der Waals surface area contributed by atoms with Gasteiger partial charge < -0.3 is 0 Å². The summed E-state index contributed by atoms with van der Waals surface area (Å²) >= 11 is 1.97. The van der Waals surface area contributed by atoms with Crippen molar-refractivity contribution in [2.24, 2.45) is 0 Å². The summed E-state index contributed by atoms with van der Waals surface area (Å²) in [7, 11) is 0. The van der Waals surface area contributed by atoms with Crippen LogP contribution in [-0.2, 0) is 0 Å². The molecule has 1 unspecified atom stereocenters. The molecule has 0 heterocycles. The summed E-state index contributed by atoms with van der Waals surface area (Å²) in [6, 6.07) is 1.44. The monoisotopic (exact) mass is 164 g/mol. The molecule has 0 saturated heterocycles. The van der Waals surface area contributed by atoms with E-state index in [1.165, 1.54) is 6.04 Å². The van der Waals surface area contributed by atoms with E-state index in [0.717, 1.165) is 0 Å². The zero-order valence-electron chi connectivity index (χ0n) is 4.78. The van der Waals surface area contributed by atoms with Crippen LogP contribution in [0.3, 0.4) is 0 Å². The van der Waals surface area contributed by atoms with Gasteiger partial charge in [0.1, 0.15) is 0 Å². The minimum absolute atomic E-state index is 0.569. The fourth-order valence-electron chi connectivity index (χ4n) is 0. The molecule has 0 aliphatic rings. The molecule has 0 aliphatic carbocycles. The molecule has 0 spiro atoms. The molecule has 0 fully saturated rings. The Balaban J connectivity index is 3.17. The predicted octanol–water partition coefficient (Wildman–Crippen LogP) is 0.844. The van der Waals surface area contributed by atoms with Gasteiger partial charge in [0.25, 0.3) is 0 Å². The molecular formula is C4H13AsSi. The molecule has 0 N–H and O–H groups in total. The summed E-state index contributed by atoms with van der Waals surface area (Å²) in [5, 5.41) is 0. The quantitative estimate of drug-likeness (QED) is 0.504.